The molecule has 0 amide bonds. The average molecular weight is 311 g/mol. The van der Waals surface area contributed by atoms with Crippen LogP contribution < -0.4 is 0 Å². The third-order valence-electron chi connectivity index (χ3n) is 2.71. The van der Waals surface area contributed by atoms with E-state index in [9.17, 15) is 13.2 Å². The van der Waals surface area contributed by atoms with Gasteiger partial charge in [0.15, 0.2) is 9.84 Å². The average Bonchev–Trinajstić information content (AvgIpc) is 2.89. The summed E-state index contributed by atoms with van der Waals surface area (Å²) in [7, 11) is -3.40. The van der Waals surface area contributed by atoms with Crippen LogP contribution in [0, 0.1) is 0 Å². The van der Waals surface area contributed by atoms with Crippen LogP contribution >= 0.6 is 11.3 Å². The number of carboxylic acid groups (broad SMARTS) is 1. The van der Waals surface area contributed by atoms with Gasteiger partial charge in [-0.1, -0.05) is 12.1 Å². The van der Waals surface area contributed by atoms with Gasteiger partial charge in [-0.15, -0.1) is 11.3 Å². The lowest BCUT2D eigenvalue weighted by atomic mass is 10.1. The van der Waals surface area contributed by atoms with E-state index in [-0.39, 0.29) is 17.1 Å². The quantitative estimate of drug-likeness (QED) is 0.883. The lowest BCUT2D eigenvalue weighted by molar-refractivity contribution is -0.136. The predicted molar refractivity (Wildman–Crippen MR) is 75.4 cm³/mol. The van der Waals surface area contributed by atoms with Crippen molar-refractivity contribution in [3.63, 3.8) is 0 Å². The van der Waals surface area contributed by atoms with Crippen LogP contribution in [0.3, 0.4) is 0 Å². The second-order valence-electron chi connectivity index (χ2n) is 4.22. The molecule has 0 aliphatic heterocycles. The summed E-state index contributed by atoms with van der Waals surface area (Å²) >= 11 is 1.30. The summed E-state index contributed by atoms with van der Waals surface area (Å²) < 4.78 is 24.3. The van der Waals surface area contributed by atoms with Crippen LogP contribution in [0.1, 0.15) is 17.0 Å². The van der Waals surface area contributed by atoms with Gasteiger partial charge in [0.2, 0.25) is 0 Å². The number of hydrogen-bond acceptors (Lipinski definition) is 5. The third kappa shape index (κ3) is 3.88. The van der Waals surface area contributed by atoms with E-state index in [4.69, 9.17) is 5.11 Å². The van der Waals surface area contributed by atoms with Gasteiger partial charge in [-0.25, -0.2) is 13.4 Å². The van der Waals surface area contributed by atoms with Crippen molar-refractivity contribution in [3.8, 4) is 0 Å². The van der Waals surface area contributed by atoms with E-state index in [0.717, 1.165) is 5.56 Å². The summed E-state index contributed by atoms with van der Waals surface area (Å²) in [6.07, 6.45) is 2.00. The SMILES string of the molecule is O=C(O)CCc1ccc(S(=O)(=O)Cc2nccs2)cc1. The maximum atomic E-state index is 12.1. The molecule has 1 aromatic heterocycles. The Kier molecular flexibility index (Phi) is 4.51. The van der Waals surface area contributed by atoms with Crippen LogP contribution in [0.15, 0.2) is 40.7 Å². The van der Waals surface area contributed by atoms with Crippen molar-refractivity contribution in [2.45, 2.75) is 23.5 Å². The van der Waals surface area contributed by atoms with Gasteiger partial charge in [-0.3, -0.25) is 4.79 Å². The number of thiazole rings is 1. The Labute approximate surface area is 120 Å². The molecule has 7 heteroatoms. The summed E-state index contributed by atoms with van der Waals surface area (Å²) in [4.78, 5) is 14.7. The first kappa shape index (κ1) is 14.7. The van der Waals surface area contributed by atoms with E-state index < -0.39 is 15.8 Å². The molecule has 1 aromatic carbocycles. The van der Waals surface area contributed by atoms with Crippen molar-refractivity contribution in [2.75, 3.05) is 0 Å². The first-order chi connectivity index (χ1) is 9.47. The molecule has 5 nitrogen and oxygen atoms in total. The molecule has 0 saturated heterocycles. The Hall–Kier alpha value is -1.73. The molecule has 20 heavy (non-hydrogen) atoms. The zero-order chi connectivity index (χ0) is 14.6. The Morgan fingerprint density at radius 3 is 2.50 bits per heavy atom. The van der Waals surface area contributed by atoms with Gasteiger partial charge >= 0.3 is 5.97 Å². The van der Waals surface area contributed by atoms with E-state index in [1.165, 1.54) is 23.5 Å². The molecule has 0 aliphatic rings. The number of sulfone groups is 1. The smallest absolute Gasteiger partial charge is 0.303 e. The van der Waals surface area contributed by atoms with Crippen LogP contribution in [0.2, 0.25) is 0 Å². The summed E-state index contributed by atoms with van der Waals surface area (Å²) in [6.45, 7) is 0. The molecule has 2 aromatic rings. The fourth-order valence-corrected chi connectivity index (χ4v) is 3.94. The summed E-state index contributed by atoms with van der Waals surface area (Å²) in [5.41, 5.74) is 0.806. The minimum atomic E-state index is -3.40. The van der Waals surface area contributed by atoms with Crippen molar-refractivity contribution in [1.29, 1.82) is 0 Å². The van der Waals surface area contributed by atoms with Gasteiger partial charge in [0.05, 0.1) is 4.90 Å². The lowest BCUT2D eigenvalue weighted by Gasteiger charge is -2.04. The highest BCUT2D eigenvalue weighted by atomic mass is 32.2. The fraction of sp³-hybridized carbons (Fsp3) is 0.231. The van der Waals surface area contributed by atoms with Crippen LogP contribution in [0.5, 0.6) is 0 Å². The number of aliphatic carboxylic acids is 1. The van der Waals surface area contributed by atoms with Gasteiger partial charge in [-0.2, -0.15) is 0 Å². The highest BCUT2D eigenvalue weighted by Gasteiger charge is 2.16. The Morgan fingerprint density at radius 1 is 1.25 bits per heavy atom. The highest BCUT2D eigenvalue weighted by molar-refractivity contribution is 7.90. The van der Waals surface area contributed by atoms with Gasteiger partial charge < -0.3 is 5.11 Å². The number of rotatable bonds is 6. The number of hydrogen-bond donors (Lipinski definition) is 1. The molecular weight excluding hydrogens is 298 g/mol. The topological polar surface area (TPSA) is 84.3 Å². The number of aryl methyl sites for hydroxylation is 1. The zero-order valence-corrected chi connectivity index (χ0v) is 12.2. The number of nitrogens with zero attached hydrogens (tertiary/aromatic N) is 1. The molecule has 1 heterocycles. The van der Waals surface area contributed by atoms with Crippen molar-refractivity contribution < 1.29 is 18.3 Å². The zero-order valence-electron chi connectivity index (χ0n) is 10.5. The number of benzene rings is 1. The molecule has 0 bridgehead atoms. The molecule has 0 radical (unpaired) electrons. The lowest BCUT2D eigenvalue weighted by Crippen LogP contribution is -2.05. The second kappa shape index (κ2) is 6.15. The van der Waals surface area contributed by atoms with E-state index in [0.29, 0.717) is 11.4 Å². The van der Waals surface area contributed by atoms with Crippen molar-refractivity contribution in [2.24, 2.45) is 0 Å². The highest BCUT2D eigenvalue weighted by Crippen LogP contribution is 2.18. The Bertz CT molecular complexity index is 676. The van der Waals surface area contributed by atoms with Crippen molar-refractivity contribution in [3.05, 3.63) is 46.4 Å². The molecule has 106 valence electrons. The molecule has 0 fully saturated rings. The molecule has 0 atom stereocenters. The number of aromatic nitrogens is 1. The van der Waals surface area contributed by atoms with Crippen LogP contribution in [-0.4, -0.2) is 24.5 Å². The van der Waals surface area contributed by atoms with Crippen molar-refractivity contribution >= 4 is 27.1 Å². The number of carbonyl (C=O) groups is 1. The minimum Gasteiger partial charge on any atom is -0.481 e. The summed E-state index contributed by atoms with van der Waals surface area (Å²) in [5.74, 6) is -0.982. The largest absolute Gasteiger partial charge is 0.481 e. The Morgan fingerprint density at radius 2 is 1.95 bits per heavy atom. The van der Waals surface area contributed by atoms with E-state index in [1.54, 1.807) is 23.7 Å². The summed E-state index contributed by atoms with van der Waals surface area (Å²) in [6, 6.07) is 6.33. The molecule has 0 saturated carbocycles. The predicted octanol–water partition coefficient (Wildman–Crippen LogP) is 2.13. The normalized spacial score (nSPS) is 11.4. The van der Waals surface area contributed by atoms with E-state index in [2.05, 4.69) is 4.98 Å². The first-order valence-corrected chi connectivity index (χ1v) is 8.42. The van der Waals surface area contributed by atoms with Crippen LogP contribution in [0.25, 0.3) is 0 Å². The summed E-state index contributed by atoms with van der Waals surface area (Å²) in [5, 5.41) is 10.9. The monoisotopic (exact) mass is 311 g/mol. The maximum absolute atomic E-state index is 12.1. The van der Waals surface area contributed by atoms with Crippen LogP contribution in [0.4, 0.5) is 0 Å². The van der Waals surface area contributed by atoms with Gasteiger partial charge in [-0.05, 0) is 24.1 Å². The standard InChI is InChI=1S/C13H13NO4S2/c15-13(16)6-3-10-1-4-11(5-2-10)20(17,18)9-12-14-7-8-19-12/h1-2,4-5,7-8H,3,6,9H2,(H,15,16). The maximum Gasteiger partial charge on any atom is 0.303 e. The molecule has 0 spiro atoms. The van der Waals surface area contributed by atoms with Gasteiger partial charge in [0, 0.05) is 18.0 Å². The second-order valence-corrected chi connectivity index (χ2v) is 7.19. The molecular formula is C13H13NO4S2. The Balaban J connectivity index is 2.10. The molecule has 2 rings (SSSR count). The van der Waals surface area contributed by atoms with Gasteiger partial charge in [0.1, 0.15) is 10.8 Å². The fourth-order valence-electron chi connectivity index (χ4n) is 1.68. The number of carboxylic acids is 1. The van der Waals surface area contributed by atoms with E-state index in [1.807, 2.05) is 0 Å². The molecule has 0 aliphatic carbocycles. The van der Waals surface area contributed by atoms with Crippen LogP contribution in [-0.2, 0) is 26.8 Å². The first-order valence-electron chi connectivity index (χ1n) is 5.89. The molecule has 0 unspecified atom stereocenters. The minimum absolute atomic E-state index is 0.0329. The van der Waals surface area contributed by atoms with Gasteiger partial charge in [0.25, 0.3) is 0 Å². The molecule has 1 N–H and O–H groups in total. The van der Waals surface area contributed by atoms with E-state index >= 15 is 0 Å². The van der Waals surface area contributed by atoms with Crippen molar-refractivity contribution in [1.82, 2.24) is 4.98 Å². The third-order valence-corrected chi connectivity index (χ3v) is 5.31.